The fourth-order valence-corrected chi connectivity index (χ4v) is 1.51. The van der Waals surface area contributed by atoms with Gasteiger partial charge in [0, 0.05) is 25.2 Å². The van der Waals surface area contributed by atoms with Crippen LogP contribution in [0.4, 0.5) is 5.69 Å². The highest BCUT2D eigenvalue weighted by molar-refractivity contribution is 5.94. The smallest absolute Gasteiger partial charge is 0.230 e. The van der Waals surface area contributed by atoms with Gasteiger partial charge in [0.05, 0.1) is 0 Å². The second-order valence-corrected chi connectivity index (χ2v) is 4.05. The van der Waals surface area contributed by atoms with Crippen molar-refractivity contribution in [1.29, 1.82) is 0 Å². The number of anilines is 1. The second-order valence-electron chi connectivity index (χ2n) is 4.05. The number of nitrogens with two attached hydrogens (primary N) is 1. The van der Waals surface area contributed by atoms with Crippen LogP contribution in [0.5, 0.6) is 0 Å². The molecule has 0 aliphatic carbocycles. The number of carbonyl (C=O) groups is 1. The van der Waals surface area contributed by atoms with Crippen LogP contribution in [0.3, 0.4) is 0 Å². The van der Waals surface area contributed by atoms with E-state index in [1.165, 1.54) is 5.56 Å². The van der Waals surface area contributed by atoms with Gasteiger partial charge in [-0.3, -0.25) is 4.79 Å². The van der Waals surface area contributed by atoms with Crippen LogP contribution in [0.15, 0.2) is 24.3 Å². The normalized spacial score (nSPS) is 12.2. The zero-order valence-electron chi connectivity index (χ0n) is 10.2. The van der Waals surface area contributed by atoms with Gasteiger partial charge in [0.15, 0.2) is 0 Å². The van der Waals surface area contributed by atoms with Crippen molar-refractivity contribution in [3.05, 3.63) is 29.8 Å². The van der Waals surface area contributed by atoms with Crippen molar-refractivity contribution in [2.75, 3.05) is 18.5 Å². The molecule has 3 nitrogen and oxygen atoms in total. The maximum Gasteiger partial charge on any atom is 0.230 e. The molecular formula is C13H20N2O. The molecule has 0 radical (unpaired) electrons. The Hall–Kier alpha value is -1.35. The van der Waals surface area contributed by atoms with Crippen LogP contribution in [0, 0.1) is 5.92 Å². The minimum absolute atomic E-state index is 0.0618. The van der Waals surface area contributed by atoms with Crippen molar-refractivity contribution in [2.24, 2.45) is 11.7 Å². The molecule has 0 spiro atoms. The Morgan fingerprint density at radius 1 is 1.38 bits per heavy atom. The number of carbonyl (C=O) groups excluding carboxylic acids is 1. The van der Waals surface area contributed by atoms with Gasteiger partial charge in [-0.1, -0.05) is 26.0 Å². The largest absolute Gasteiger partial charge is 0.330 e. The lowest BCUT2D eigenvalue weighted by Crippen LogP contribution is -2.35. The second kappa shape index (κ2) is 5.66. The standard InChI is InChI=1S/C13H20N2O/c1-4-11-5-7-12(8-6-11)15(3)13(16)10(2)9-14/h5-8,10H,4,9,14H2,1-3H3. The number of benzene rings is 1. The van der Waals surface area contributed by atoms with Crippen molar-refractivity contribution in [3.63, 3.8) is 0 Å². The molecule has 0 aliphatic heterocycles. The molecule has 0 aromatic heterocycles. The van der Waals surface area contributed by atoms with Crippen LogP contribution in [-0.2, 0) is 11.2 Å². The van der Waals surface area contributed by atoms with Crippen LogP contribution in [-0.4, -0.2) is 19.5 Å². The summed E-state index contributed by atoms with van der Waals surface area (Å²) in [6, 6.07) is 8.04. The third kappa shape index (κ3) is 2.83. The molecular weight excluding hydrogens is 200 g/mol. The average molecular weight is 220 g/mol. The minimum atomic E-state index is -0.129. The van der Waals surface area contributed by atoms with E-state index < -0.39 is 0 Å². The number of hydrogen-bond donors (Lipinski definition) is 1. The van der Waals surface area contributed by atoms with Gasteiger partial charge in [-0.2, -0.15) is 0 Å². The van der Waals surface area contributed by atoms with Crippen molar-refractivity contribution < 1.29 is 4.79 Å². The third-order valence-corrected chi connectivity index (χ3v) is 2.84. The van der Waals surface area contributed by atoms with E-state index in [1.54, 1.807) is 11.9 Å². The van der Waals surface area contributed by atoms with E-state index in [1.807, 2.05) is 31.2 Å². The lowest BCUT2D eigenvalue weighted by atomic mass is 10.1. The van der Waals surface area contributed by atoms with Crippen LogP contribution >= 0.6 is 0 Å². The summed E-state index contributed by atoms with van der Waals surface area (Å²) in [6.45, 7) is 4.34. The quantitative estimate of drug-likeness (QED) is 0.841. The van der Waals surface area contributed by atoms with E-state index >= 15 is 0 Å². The first-order valence-corrected chi connectivity index (χ1v) is 5.66. The first-order valence-electron chi connectivity index (χ1n) is 5.66. The summed E-state index contributed by atoms with van der Waals surface area (Å²) in [5, 5.41) is 0. The Bertz CT molecular complexity index is 345. The summed E-state index contributed by atoms with van der Waals surface area (Å²) >= 11 is 0. The zero-order valence-corrected chi connectivity index (χ0v) is 10.2. The molecule has 3 heteroatoms. The molecule has 0 aliphatic rings. The van der Waals surface area contributed by atoms with Gasteiger partial charge >= 0.3 is 0 Å². The number of rotatable bonds is 4. The van der Waals surface area contributed by atoms with Gasteiger partial charge in [0.2, 0.25) is 5.91 Å². The van der Waals surface area contributed by atoms with E-state index in [4.69, 9.17) is 5.73 Å². The number of aryl methyl sites for hydroxylation is 1. The van der Waals surface area contributed by atoms with Crippen LogP contribution < -0.4 is 10.6 Å². The van der Waals surface area contributed by atoms with E-state index in [-0.39, 0.29) is 11.8 Å². The topological polar surface area (TPSA) is 46.3 Å². The molecule has 0 bridgehead atoms. The first kappa shape index (κ1) is 12.7. The van der Waals surface area contributed by atoms with Crippen molar-refractivity contribution in [3.8, 4) is 0 Å². The molecule has 1 aromatic rings. The molecule has 0 saturated heterocycles. The molecule has 0 saturated carbocycles. The molecule has 1 aromatic carbocycles. The highest BCUT2D eigenvalue weighted by Crippen LogP contribution is 2.16. The Morgan fingerprint density at radius 3 is 2.38 bits per heavy atom. The Morgan fingerprint density at radius 2 is 1.94 bits per heavy atom. The number of amides is 1. The lowest BCUT2D eigenvalue weighted by Gasteiger charge is -2.20. The summed E-state index contributed by atoms with van der Waals surface area (Å²) in [5.41, 5.74) is 7.68. The molecule has 2 N–H and O–H groups in total. The van der Waals surface area contributed by atoms with Gasteiger partial charge in [0.25, 0.3) is 0 Å². The van der Waals surface area contributed by atoms with E-state index in [2.05, 4.69) is 6.92 Å². The van der Waals surface area contributed by atoms with Crippen LogP contribution in [0.1, 0.15) is 19.4 Å². The Balaban J connectivity index is 2.79. The highest BCUT2D eigenvalue weighted by Gasteiger charge is 2.16. The van der Waals surface area contributed by atoms with Crippen LogP contribution in [0.25, 0.3) is 0 Å². The van der Waals surface area contributed by atoms with E-state index in [9.17, 15) is 4.79 Å². The predicted molar refractivity (Wildman–Crippen MR) is 67.4 cm³/mol. The predicted octanol–water partition coefficient (Wildman–Crippen LogP) is 1.81. The first-order chi connectivity index (χ1) is 7.60. The van der Waals surface area contributed by atoms with Crippen LogP contribution in [0.2, 0.25) is 0 Å². The highest BCUT2D eigenvalue weighted by atomic mass is 16.2. The summed E-state index contributed by atoms with van der Waals surface area (Å²) < 4.78 is 0. The summed E-state index contributed by atoms with van der Waals surface area (Å²) in [7, 11) is 1.79. The molecule has 88 valence electrons. The average Bonchev–Trinajstić information content (AvgIpc) is 2.36. The number of nitrogens with zero attached hydrogens (tertiary/aromatic N) is 1. The van der Waals surface area contributed by atoms with Gasteiger partial charge in [-0.15, -0.1) is 0 Å². The van der Waals surface area contributed by atoms with Gasteiger partial charge < -0.3 is 10.6 Å². The van der Waals surface area contributed by atoms with Gasteiger partial charge in [-0.05, 0) is 24.1 Å². The molecule has 1 unspecified atom stereocenters. The third-order valence-electron chi connectivity index (χ3n) is 2.84. The Kier molecular flexibility index (Phi) is 4.50. The van der Waals surface area contributed by atoms with Crippen molar-refractivity contribution in [1.82, 2.24) is 0 Å². The molecule has 0 fully saturated rings. The maximum absolute atomic E-state index is 11.9. The molecule has 1 amide bonds. The maximum atomic E-state index is 11.9. The SMILES string of the molecule is CCc1ccc(N(C)C(=O)C(C)CN)cc1. The van der Waals surface area contributed by atoms with E-state index in [0.717, 1.165) is 12.1 Å². The Labute approximate surface area is 97.2 Å². The molecule has 16 heavy (non-hydrogen) atoms. The lowest BCUT2D eigenvalue weighted by molar-refractivity contribution is -0.121. The minimum Gasteiger partial charge on any atom is -0.330 e. The molecule has 0 heterocycles. The van der Waals surface area contributed by atoms with Gasteiger partial charge in [-0.25, -0.2) is 0 Å². The fraction of sp³-hybridized carbons (Fsp3) is 0.462. The molecule has 1 atom stereocenters. The summed E-state index contributed by atoms with van der Waals surface area (Å²) in [4.78, 5) is 13.5. The summed E-state index contributed by atoms with van der Waals surface area (Å²) in [5.74, 6) is -0.0670. The van der Waals surface area contributed by atoms with Crippen molar-refractivity contribution >= 4 is 11.6 Å². The monoisotopic (exact) mass is 220 g/mol. The number of hydrogen-bond acceptors (Lipinski definition) is 2. The zero-order chi connectivity index (χ0) is 12.1. The van der Waals surface area contributed by atoms with Crippen molar-refractivity contribution in [2.45, 2.75) is 20.3 Å². The van der Waals surface area contributed by atoms with E-state index in [0.29, 0.717) is 6.54 Å². The summed E-state index contributed by atoms with van der Waals surface area (Å²) in [6.07, 6.45) is 1.01. The van der Waals surface area contributed by atoms with Gasteiger partial charge in [0.1, 0.15) is 0 Å². The fourth-order valence-electron chi connectivity index (χ4n) is 1.51. The molecule has 1 rings (SSSR count).